The van der Waals surface area contributed by atoms with Gasteiger partial charge in [0, 0.05) is 12.1 Å². The Hall–Kier alpha value is -1.75. The Kier molecular flexibility index (Phi) is 4.25. The summed E-state index contributed by atoms with van der Waals surface area (Å²) in [6.07, 6.45) is 3.47. The van der Waals surface area contributed by atoms with Crippen molar-refractivity contribution < 1.29 is 19.4 Å². The highest BCUT2D eigenvalue weighted by Crippen LogP contribution is 2.41. The van der Waals surface area contributed by atoms with Gasteiger partial charge in [-0.15, -0.1) is 0 Å². The number of aliphatic hydroxyl groups is 1. The number of amides is 1. The third kappa shape index (κ3) is 2.54. The summed E-state index contributed by atoms with van der Waals surface area (Å²) in [6.45, 7) is 5.10. The second-order valence-corrected chi connectivity index (χ2v) is 6.02. The molecule has 22 heavy (non-hydrogen) atoms. The molecule has 0 bridgehead atoms. The number of hydrogen-bond acceptors (Lipinski definition) is 4. The second kappa shape index (κ2) is 6.16. The van der Waals surface area contributed by atoms with Gasteiger partial charge in [-0.05, 0) is 24.5 Å². The zero-order valence-electron chi connectivity index (χ0n) is 13.2. The minimum absolute atomic E-state index is 0.118. The van der Waals surface area contributed by atoms with Crippen LogP contribution in [0.5, 0.6) is 11.5 Å². The summed E-state index contributed by atoms with van der Waals surface area (Å²) in [5, 5.41) is 10.5. The molecule has 2 unspecified atom stereocenters. The van der Waals surface area contributed by atoms with E-state index in [1.54, 1.807) is 17.0 Å². The van der Waals surface area contributed by atoms with E-state index in [9.17, 15) is 9.90 Å². The van der Waals surface area contributed by atoms with Gasteiger partial charge in [-0.2, -0.15) is 0 Å². The van der Waals surface area contributed by atoms with Crippen LogP contribution in [0.4, 0.5) is 0 Å². The number of carbonyl (C=O) groups excluding carboxylic acids is 1. The number of fused-ring (bicyclic) bond motifs is 2. The van der Waals surface area contributed by atoms with Gasteiger partial charge in [-0.3, -0.25) is 4.79 Å². The van der Waals surface area contributed by atoms with Gasteiger partial charge in [0.2, 0.25) is 6.79 Å². The van der Waals surface area contributed by atoms with Crippen LogP contribution in [0.3, 0.4) is 0 Å². The van der Waals surface area contributed by atoms with E-state index >= 15 is 0 Å². The van der Waals surface area contributed by atoms with Gasteiger partial charge in [0.25, 0.3) is 5.91 Å². The molecule has 0 saturated carbocycles. The van der Waals surface area contributed by atoms with Crippen molar-refractivity contribution in [3.63, 3.8) is 0 Å². The van der Waals surface area contributed by atoms with E-state index in [0.29, 0.717) is 35.1 Å². The van der Waals surface area contributed by atoms with Gasteiger partial charge in [-0.25, -0.2) is 0 Å². The van der Waals surface area contributed by atoms with Crippen molar-refractivity contribution in [1.29, 1.82) is 0 Å². The number of nitrogens with zero attached hydrogens (tertiary/aromatic N) is 1. The molecule has 3 rings (SSSR count). The lowest BCUT2D eigenvalue weighted by molar-refractivity contribution is 0.0150. The largest absolute Gasteiger partial charge is 0.454 e. The van der Waals surface area contributed by atoms with Crippen LogP contribution in [-0.2, 0) is 0 Å². The van der Waals surface area contributed by atoms with Crippen molar-refractivity contribution in [3.8, 4) is 11.5 Å². The molecular weight excluding hydrogens is 282 g/mol. The Labute approximate surface area is 130 Å². The lowest BCUT2D eigenvalue weighted by Gasteiger charge is -2.23. The molecule has 2 heterocycles. The molecule has 0 saturated heterocycles. The predicted octanol–water partition coefficient (Wildman–Crippen LogP) is 3.08. The Balaban J connectivity index is 1.74. The van der Waals surface area contributed by atoms with Gasteiger partial charge in [-0.1, -0.05) is 33.1 Å². The number of aliphatic hydroxyl groups excluding tert-OH is 1. The zero-order chi connectivity index (χ0) is 15.7. The van der Waals surface area contributed by atoms with E-state index in [2.05, 4.69) is 13.8 Å². The van der Waals surface area contributed by atoms with Crippen molar-refractivity contribution in [2.45, 2.75) is 45.8 Å². The summed E-state index contributed by atoms with van der Waals surface area (Å²) in [5.74, 6) is 1.67. The highest BCUT2D eigenvalue weighted by molar-refractivity contribution is 5.99. The van der Waals surface area contributed by atoms with Crippen LogP contribution in [0.1, 0.15) is 61.7 Å². The van der Waals surface area contributed by atoms with Gasteiger partial charge < -0.3 is 19.5 Å². The summed E-state index contributed by atoms with van der Waals surface area (Å²) >= 11 is 0. The molecule has 0 fully saturated rings. The van der Waals surface area contributed by atoms with E-state index in [4.69, 9.17) is 9.47 Å². The molecule has 120 valence electrons. The Bertz CT molecular complexity index is 572. The van der Waals surface area contributed by atoms with Crippen LogP contribution >= 0.6 is 0 Å². The minimum Gasteiger partial charge on any atom is -0.454 e. The molecular formula is C17H23NO4. The molecule has 5 nitrogen and oxygen atoms in total. The molecule has 0 spiro atoms. The third-order valence-electron chi connectivity index (χ3n) is 4.66. The Morgan fingerprint density at radius 3 is 2.68 bits per heavy atom. The molecule has 1 aromatic carbocycles. The first-order valence-electron chi connectivity index (χ1n) is 8.08. The van der Waals surface area contributed by atoms with Gasteiger partial charge in [0.05, 0.1) is 5.56 Å². The van der Waals surface area contributed by atoms with Crippen molar-refractivity contribution in [3.05, 3.63) is 23.3 Å². The smallest absolute Gasteiger partial charge is 0.256 e. The van der Waals surface area contributed by atoms with E-state index < -0.39 is 6.23 Å². The van der Waals surface area contributed by atoms with Crippen LogP contribution in [-0.4, -0.2) is 29.3 Å². The molecule has 2 aliphatic rings. The topological polar surface area (TPSA) is 59.0 Å². The summed E-state index contributed by atoms with van der Waals surface area (Å²) in [4.78, 5) is 14.1. The van der Waals surface area contributed by atoms with Gasteiger partial charge in [0.1, 0.15) is 0 Å². The molecule has 1 aromatic rings. The monoisotopic (exact) mass is 305 g/mol. The van der Waals surface area contributed by atoms with Crippen molar-refractivity contribution >= 4 is 5.91 Å². The Morgan fingerprint density at radius 2 is 2.00 bits per heavy atom. The quantitative estimate of drug-likeness (QED) is 0.877. The lowest BCUT2D eigenvalue weighted by atomic mass is 9.97. The Morgan fingerprint density at radius 1 is 1.27 bits per heavy atom. The highest BCUT2D eigenvalue weighted by atomic mass is 16.7. The standard InChI is InChI=1S/C17H23NO4/c1-3-5-11(4-2)6-7-18-16(19)12-8-14-15(22-10-21-14)9-13(12)17(18)20/h8-9,11,16,19H,3-7,10H2,1-2H3. The maximum Gasteiger partial charge on any atom is 0.256 e. The van der Waals surface area contributed by atoms with Crippen molar-refractivity contribution in [2.24, 2.45) is 5.92 Å². The normalized spacial score (nSPS) is 20.4. The number of hydrogen-bond donors (Lipinski definition) is 1. The van der Waals surface area contributed by atoms with E-state index in [1.165, 1.54) is 0 Å². The second-order valence-electron chi connectivity index (χ2n) is 6.02. The first-order chi connectivity index (χ1) is 10.7. The average molecular weight is 305 g/mol. The van der Waals surface area contributed by atoms with E-state index in [0.717, 1.165) is 25.7 Å². The first-order valence-corrected chi connectivity index (χ1v) is 8.08. The maximum atomic E-state index is 12.5. The van der Waals surface area contributed by atoms with Crippen LogP contribution in [0, 0.1) is 5.92 Å². The fourth-order valence-corrected chi connectivity index (χ4v) is 3.30. The third-order valence-corrected chi connectivity index (χ3v) is 4.66. The van der Waals surface area contributed by atoms with Crippen molar-refractivity contribution in [2.75, 3.05) is 13.3 Å². The number of benzene rings is 1. The molecule has 0 aliphatic carbocycles. The number of rotatable bonds is 6. The number of ether oxygens (including phenoxy) is 2. The molecule has 2 atom stereocenters. The van der Waals surface area contributed by atoms with E-state index in [1.807, 2.05) is 0 Å². The summed E-state index contributed by atoms with van der Waals surface area (Å²) in [5.41, 5.74) is 1.15. The molecule has 0 aromatic heterocycles. The molecule has 5 heteroatoms. The van der Waals surface area contributed by atoms with Gasteiger partial charge >= 0.3 is 0 Å². The van der Waals surface area contributed by atoms with Crippen LogP contribution < -0.4 is 9.47 Å². The fourth-order valence-electron chi connectivity index (χ4n) is 3.30. The first kappa shape index (κ1) is 15.2. The summed E-state index contributed by atoms with van der Waals surface area (Å²) < 4.78 is 10.6. The predicted molar refractivity (Wildman–Crippen MR) is 81.9 cm³/mol. The van der Waals surface area contributed by atoms with Crippen LogP contribution in [0.15, 0.2) is 12.1 Å². The van der Waals surface area contributed by atoms with Crippen LogP contribution in [0.25, 0.3) is 0 Å². The molecule has 1 N–H and O–H groups in total. The molecule has 1 amide bonds. The maximum absolute atomic E-state index is 12.5. The zero-order valence-corrected chi connectivity index (χ0v) is 13.2. The summed E-state index contributed by atoms with van der Waals surface area (Å²) in [7, 11) is 0. The van der Waals surface area contributed by atoms with Crippen molar-refractivity contribution in [1.82, 2.24) is 4.90 Å². The number of carbonyl (C=O) groups is 1. The van der Waals surface area contributed by atoms with E-state index in [-0.39, 0.29) is 12.7 Å². The minimum atomic E-state index is -0.879. The lowest BCUT2D eigenvalue weighted by Crippen LogP contribution is -2.30. The highest BCUT2D eigenvalue weighted by Gasteiger charge is 2.37. The average Bonchev–Trinajstić information content (AvgIpc) is 3.07. The van der Waals surface area contributed by atoms with Gasteiger partial charge in [0.15, 0.2) is 17.7 Å². The molecule has 0 radical (unpaired) electrons. The molecule has 2 aliphatic heterocycles. The SMILES string of the molecule is CCCC(CC)CCN1C(=O)c2cc3c(cc2C1O)OCO3. The fraction of sp³-hybridized carbons (Fsp3) is 0.588. The van der Waals surface area contributed by atoms with Crippen LogP contribution in [0.2, 0.25) is 0 Å². The summed E-state index contributed by atoms with van der Waals surface area (Å²) in [6, 6.07) is 3.41.